The van der Waals surface area contributed by atoms with Crippen LogP contribution in [0.15, 0.2) is 90.3 Å². The van der Waals surface area contributed by atoms with E-state index < -0.39 is 15.9 Å². The number of fused-ring (bicyclic) bond motifs is 1. The highest BCUT2D eigenvalue weighted by atomic mass is 35.5. The van der Waals surface area contributed by atoms with Crippen molar-refractivity contribution in [3.8, 4) is 0 Å². The molecule has 0 aliphatic heterocycles. The minimum Gasteiger partial charge on any atom is -0.324 e. The second-order valence-electron chi connectivity index (χ2n) is 6.86. The van der Waals surface area contributed by atoms with Crippen molar-refractivity contribution in [3.05, 3.63) is 96.0 Å². The number of amides is 1. The predicted molar refractivity (Wildman–Crippen MR) is 127 cm³/mol. The van der Waals surface area contributed by atoms with Crippen molar-refractivity contribution in [2.45, 2.75) is 4.90 Å². The first-order valence-corrected chi connectivity index (χ1v) is 11.5. The molecule has 0 saturated heterocycles. The van der Waals surface area contributed by atoms with Gasteiger partial charge in [-0.05, 0) is 42.5 Å². The van der Waals surface area contributed by atoms with Crippen LogP contribution >= 0.6 is 11.6 Å². The smallest absolute Gasteiger partial charge is 0.266 e. The van der Waals surface area contributed by atoms with Crippen LogP contribution in [0.4, 0.5) is 11.6 Å². The molecule has 4 rings (SSSR count). The van der Waals surface area contributed by atoms with E-state index in [0.717, 1.165) is 5.52 Å². The number of nitrogens with zero attached hydrogens (tertiary/aromatic N) is 2. The fourth-order valence-electron chi connectivity index (χ4n) is 3.21. The molecule has 9 heteroatoms. The summed E-state index contributed by atoms with van der Waals surface area (Å²) in [6, 6.07) is 20.1. The van der Waals surface area contributed by atoms with Crippen molar-refractivity contribution in [2.24, 2.45) is 0 Å². The van der Waals surface area contributed by atoms with E-state index in [1.54, 1.807) is 30.3 Å². The molecule has 0 atom stereocenters. The van der Waals surface area contributed by atoms with Gasteiger partial charge in [0.15, 0.2) is 0 Å². The second kappa shape index (κ2) is 8.86. The van der Waals surface area contributed by atoms with Gasteiger partial charge in [0.2, 0.25) is 5.95 Å². The number of rotatable bonds is 7. The number of hydrogen-bond donors (Lipinski definition) is 2. The Balaban J connectivity index is 1.68. The van der Waals surface area contributed by atoms with Gasteiger partial charge in [-0.15, -0.1) is 6.58 Å². The van der Waals surface area contributed by atoms with Crippen LogP contribution in [0.1, 0.15) is 10.4 Å². The minimum absolute atomic E-state index is 0.00952. The Hall–Kier alpha value is -3.62. The standard InChI is InChI=1S/C23H19ClN4O3S/c1-2-14-28(17-8-4-3-5-9-17)32(30,31)21-15-16(12-13-18(21)24)22(29)27-23-25-19-10-6-7-11-20(19)26-23/h2-13,15H,1,14H2,(H2,25,26,27,29). The molecule has 1 aromatic heterocycles. The quantitative estimate of drug-likeness (QED) is 0.380. The third-order valence-corrected chi connectivity index (χ3v) is 7.00. The molecule has 3 aromatic carbocycles. The van der Waals surface area contributed by atoms with E-state index in [1.807, 2.05) is 24.3 Å². The van der Waals surface area contributed by atoms with Gasteiger partial charge < -0.3 is 4.98 Å². The number of carbonyl (C=O) groups is 1. The van der Waals surface area contributed by atoms with Gasteiger partial charge >= 0.3 is 0 Å². The number of H-pyrrole nitrogens is 1. The maximum atomic E-state index is 13.4. The first-order chi connectivity index (χ1) is 15.4. The number of halogens is 1. The van der Waals surface area contributed by atoms with Crippen molar-refractivity contribution in [2.75, 3.05) is 16.2 Å². The fourth-order valence-corrected chi connectivity index (χ4v) is 5.15. The Morgan fingerprint density at radius 3 is 2.53 bits per heavy atom. The number of carbonyl (C=O) groups excluding carboxylic acids is 1. The second-order valence-corrected chi connectivity index (χ2v) is 9.10. The molecule has 0 radical (unpaired) electrons. The number of hydrogen-bond acceptors (Lipinski definition) is 4. The van der Waals surface area contributed by atoms with Crippen LogP contribution < -0.4 is 9.62 Å². The Bertz CT molecular complexity index is 1370. The number of para-hydroxylation sites is 3. The lowest BCUT2D eigenvalue weighted by molar-refractivity contribution is 0.102. The summed E-state index contributed by atoms with van der Waals surface area (Å²) >= 11 is 6.25. The van der Waals surface area contributed by atoms with Crippen LogP contribution in [0, 0.1) is 0 Å². The first kappa shape index (κ1) is 21.6. The molecule has 32 heavy (non-hydrogen) atoms. The molecule has 0 bridgehead atoms. The van der Waals surface area contributed by atoms with Crippen LogP contribution in [-0.2, 0) is 10.0 Å². The molecule has 0 aliphatic carbocycles. The minimum atomic E-state index is -4.07. The molecule has 162 valence electrons. The zero-order valence-electron chi connectivity index (χ0n) is 16.8. The molecule has 1 heterocycles. The summed E-state index contributed by atoms with van der Waals surface area (Å²) in [4.78, 5) is 19.9. The lowest BCUT2D eigenvalue weighted by Crippen LogP contribution is -2.31. The van der Waals surface area contributed by atoms with E-state index in [-0.39, 0.29) is 28.0 Å². The van der Waals surface area contributed by atoms with E-state index in [2.05, 4.69) is 21.9 Å². The van der Waals surface area contributed by atoms with Gasteiger partial charge in [-0.25, -0.2) is 13.4 Å². The normalized spacial score (nSPS) is 11.3. The summed E-state index contributed by atoms with van der Waals surface area (Å²) in [6.07, 6.45) is 1.48. The van der Waals surface area contributed by atoms with Crippen molar-refractivity contribution in [1.82, 2.24) is 9.97 Å². The van der Waals surface area contributed by atoms with Gasteiger partial charge in [0, 0.05) is 5.56 Å². The SMILES string of the molecule is C=CCN(c1ccccc1)S(=O)(=O)c1cc(C(=O)Nc2nc3ccccc3[nH]2)ccc1Cl. The van der Waals surface area contributed by atoms with Crippen LogP contribution in [0.3, 0.4) is 0 Å². The third-order valence-electron chi connectivity index (χ3n) is 4.72. The molecule has 0 unspecified atom stereocenters. The number of benzene rings is 3. The van der Waals surface area contributed by atoms with Gasteiger partial charge in [0.25, 0.3) is 15.9 Å². The summed E-state index contributed by atoms with van der Waals surface area (Å²) < 4.78 is 28.1. The topological polar surface area (TPSA) is 95.2 Å². The number of sulfonamides is 1. The molecule has 0 aliphatic rings. The molecule has 0 fully saturated rings. The Kier molecular flexibility index (Phi) is 5.98. The van der Waals surface area contributed by atoms with Crippen LogP contribution in [0.2, 0.25) is 5.02 Å². The average Bonchev–Trinajstić information content (AvgIpc) is 3.20. The van der Waals surface area contributed by atoms with Gasteiger partial charge in [-0.1, -0.05) is 48.0 Å². The molecule has 0 saturated carbocycles. The average molecular weight is 467 g/mol. The van der Waals surface area contributed by atoms with Gasteiger partial charge in [-0.2, -0.15) is 0 Å². The lowest BCUT2D eigenvalue weighted by atomic mass is 10.2. The monoisotopic (exact) mass is 466 g/mol. The number of imidazole rings is 1. The highest BCUT2D eigenvalue weighted by molar-refractivity contribution is 7.93. The fraction of sp³-hybridized carbons (Fsp3) is 0.0435. The van der Waals surface area contributed by atoms with Crippen LogP contribution in [-0.4, -0.2) is 30.8 Å². The number of aromatic nitrogens is 2. The summed E-state index contributed by atoms with van der Waals surface area (Å²) in [5.74, 6) is -0.264. The van der Waals surface area contributed by atoms with Crippen LogP contribution in [0.5, 0.6) is 0 Å². The zero-order chi connectivity index (χ0) is 22.7. The predicted octanol–water partition coefficient (Wildman–Crippen LogP) is 4.85. The number of nitrogens with one attached hydrogen (secondary N) is 2. The van der Waals surface area contributed by atoms with Gasteiger partial charge in [0.1, 0.15) is 4.90 Å². The van der Waals surface area contributed by atoms with E-state index >= 15 is 0 Å². The molecule has 4 aromatic rings. The Morgan fingerprint density at radius 1 is 1.09 bits per heavy atom. The number of anilines is 2. The molecule has 0 spiro atoms. The molecule has 1 amide bonds. The summed E-state index contributed by atoms with van der Waals surface area (Å²) in [7, 11) is -4.07. The van der Waals surface area contributed by atoms with E-state index in [4.69, 9.17) is 11.6 Å². The maximum absolute atomic E-state index is 13.4. The Morgan fingerprint density at radius 2 is 1.81 bits per heavy atom. The highest BCUT2D eigenvalue weighted by Crippen LogP contribution is 2.29. The molecule has 7 nitrogen and oxygen atoms in total. The van der Waals surface area contributed by atoms with Crippen molar-refractivity contribution in [1.29, 1.82) is 0 Å². The largest absolute Gasteiger partial charge is 0.324 e. The Labute approximate surface area is 190 Å². The number of aromatic amines is 1. The first-order valence-electron chi connectivity index (χ1n) is 9.64. The van der Waals surface area contributed by atoms with Crippen molar-refractivity contribution in [3.63, 3.8) is 0 Å². The van der Waals surface area contributed by atoms with E-state index in [9.17, 15) is 13.2 Å². The zero-order valence-corrected chi connectivity index (χ0v) is 18.4. The van der Waals surface area contributed by atoms with Crippen LogP contribution in [0.25, 0.3) is 11.0 Å². The summed E-state index contributed by atoms with van der Waals surface area (Å²) in [6.45, 7) is 3.69. The van der Waals surface area contributed by atoms with Crippen molar-refractivity contribution >= 4 is 50.2 Å². The maximum Gasteiger partial charge on any atom is 0.266 e. The van der Waals surface area contributed by atoms with Gasteiger partial charge in [0.05, 0.1) is 28.3 Å². The molecule has 2 N–H and O–H groups in total. The third kappa shape index (κ3) is 4.23. The lowest BCUT2D eigenvalue weighted by Gasteiger charge is -2.24. The highest BCUT2D eigenvalue weighted by Gasteiger charge is 2.27. The summed E-state index contributed by atoms with van der Waals surface area (Å²) in [5, 5.41) is 2.67. The molecular weight excluding hydrogens is 448 g/mol. The van der Waals surface area contributed by atoms with E-state index in [0.29, 0.717) is 11.2 Å². The molecular formula is C23H19ClN4O3S. The van der Waals surface area contributed by atoms with Crippen molar-refractivity contribution < 1.29 is 13.2 Å². The summed E-state index contributed by atoms with van der Waals surface area (Å²) in [5.41, 5.74) is 2.05. The van der Waals surface area contributed by atoms with Gasteiger partial charge in [-0.3, -0.25) is 14.4 Å². The van der Waals surface area contributed by atoms with E-state index in [1.165, 1.54) is 28.6 Å².